The van der Waals surface area contributed by atoms with Gasteiger partial charge in [-0.25, -0.2) is 27.3 Å². The molecule has 0 spiro atoms. The summed E-state index contributed by atoms with van der Waals surface area (Å²) in [5.74, 6) is 2.24. The third kappa shape index (κ3) is 7.23. The maximum Gasteiger partial charge on any atom is 0.263 e. The van der Waals surface area contributed by atoms with Crippen LogP contribution in [0.5, 0.6) is 5.75 Å². The van der Waals surface area contributed by atoms with Crippen molar-refractivity contribution >= 4 is 49.6 Å². The molecule has 0 saturated carbocycles. The van der Waals surface area contributed by atoms with Crippen LogP contribution in [-0.2, 0) is 14.5 Å². The predicted molar refractivity (Wildman–Crippen MR) is 137 cm³/mol. The number of aryl methyl sites for hydroxylation is 1. The fraction of sp³-hybridized carbons (Fsp3) is 0.333. The smallest absolute Gasteiger partial charge is 0.263 e. The summed E-state index contributed by atoms with van der Waals surface area (Å²) in [5.41, 5.74) is 0.333. The molecule has 2 aromatic carbocycles. The Balaban J connectivity index is 1.93. The second kappa shape index (κ2) is 10.6. The Morgan fingerprint density at radius 3 is 2.61 bits per heavy atom. The van der Waals surface area contributed by atoms with Crippen molar-refractivity contribution in [2.45, 2.75) is 32.5 Å². The van der Waals surface area contributed by atoms with E-state index < -0.39 is 39.9 Å². The number of hydrogen-bond donors (Lipinski definition) is 3. The van der Waals surface area contributed by atoms with Gasteiger partial charge in [0.25, 0.3) is 5.91 Å². The quantitative estimate of drug-likeness (QED) is 0.346. The summed E-state index contributed by atoms with van der Waals surface area (Å²) in [6.07, 6.45) is 1.15. The Morgan fingerprint density at radius 2 is 1.97 bits per heavy atom. The Kier molecular flexibility index (Phi) is 7.97. The zero-order valence-electron chi connectivity index (χ0n) is 20.3. The van der Waals surface area contributed by atoms with Crippen LogP contribution in [0, 0.1) is 12.7 Å². The average Bonchev–Trinajstić information content (AvgIpc) is 2.75. The van der Waals surface area contributed by atoms with E-state index in [4.69, 9.17) is 4.74 Å². The first-order valence-corrected chi connectivity index (χ1v) is 13.0. The van der Waals surface area contributed by atoms with Gasteiger partial charge in [-0.15, -0.1) is 0 Å². The summed E-state index contributed by atoms with van der Waals surface area (Å²) in [5, 5.41) is 5.94. The largest absolute Gasteiger partial charge is 0.476 e. The molecule has 1 heterocycles. The summed E-state index contributed by atoms with van der Waals surface area (Å²) in [4.78, 5) is 20.9. The van der Waals surface area contributed by atoms with Gasteiger partial charge in [0.05, 0.1) is 17.7 Å². The number of nitrogens with one attached hydrogen (secondary N) is 3. The lowest BCUT2D eigenvalue weighted by molar-refractivity contribution is -0.129. The zero-order valence-corrected chi connectivity index (χ0v) is 21.1. The number of anilines is 3. The van der Waals surface area contributed by atoms with E-state index in [1.54, 1.807) is 19.1 Å². The molecule has 0 aliphatic heterocycles. The second-order valence-electron chi connectivity index (χ2n) is 8.98. The lowest BCUT2D eigenvalue weighted by Gasteiger charge is -2.21. The first-order valence-electron chi connectivity index (χ1n) is 10.9. The van der Waals surface area contributed by atoms with E-state index in [2.05, 4.69) is 31.2 Å². The monoisotopic (exact) mass is 523 g/mol. The minimum Gasteiger partial charge on any atom is -0.476 e. The van der Waals surface area contributed by atoms with Crippen molar-refractivity contribution in [2.24, 2.45) is 0 Å². The van der Waals surface area contributed by atoms with Crippen molar-refractivity contribution in [3.63, 3.8) is 0 Å². The van der Waals surface area contributed by atoms with E-state index in [-0.39, 0.29) is 18.0 Å². The van der Waals surface area contributed by atoms with Crippen LogP contribution in [0.4, 0.5) is 30.4 Å². The molecule has 0 radical (unpaired) electrons. The number of carbonyl (C=O) groups excluding carboxylic acids is 1. The van der Waals surface area contributed by atoms with Crippen molar-refractivity contribution in [2.75, 3.05) is 29.5 Å². The van der Waals surface area contributed by atoms with Crippen LogP contribution >= 0.6 is 0 Å². The highest BCUT2D eigenvalue weighted by atomic mass is 32.2. The fourth-order valence-electron chi connectivity index (χ4n) is 3.34. The molecule has 2 atom stereocenters. The molecule has 0 aliphatic rings. The maximum absolute atomic E-state index is 14.0. The zero-order chi connectivity index (χ0) is 26.7. The number of rotatable bonds is 10. The highest BCUT2D eigenvalue weighted by Gasteiger charge is 2.25. The molecular formula is C24H28F3N5O3S. The maximum atomic E-state index is 14.0. The van der Waals surface area contributed by atoms with Crippen molar-refractivity contribution in [3.05, 3.63) is 48.0 Å². The molecule has 3 N–H and O–H groups in total. The molecule has 1 aromatic heterocycles. The lowest BCUT2D eigenvalue weighted by Crippen LogP contribution is -2.44. The number of halogens is 3. The highest BCUT2D eigenvalue weighted by molar-refractivity contribution is 8.00. The van der Waals surface area contributed by atoms with Gasteiger partial charge in [-0.2, -0.15) is 0 Å². The number of aromatic nitrogens is 2. The molecule has 8 nitrogen and oxygen atoms in total. The third-order valence-corrected chi connectivity index (χ3v) is 5.52. The van der Waals surface area contributed by atoms with Crippen molar-refractivity contribution < 1.29 is 26.9 Å². The van der Waals surface area contributed by atoms with Crippen LogP contribution < -0.4 is 20.1 Å². The lowest BCUT2D eigenvalue weighted by atomic mass is 10.1. The summed E-state index contributed by atoms with van der Waals surface area (Å²) in [7, 11) is -2.51. The average molecular weight is 524 g/mol. The SMILES string of the molecule is C=S(C)(=O)Nc1cc(C)c2c(Nc3ccc(F)cc3OC(CF)C(=O)NCC(C)(C)F)ncnc2c1. The Morgan fingerprint density at radius 1 is 1.25 bits per heavy atom. The molecule has 0 fully saturated rings. The minimum atomic E-state index is -2.51. The van der Waals surface area contributed by atoms with Crippen LogP contribution in [0.2, 0.25) is 0 Å². The van der Waals surface area contributed by atoms with Gasteiger partial charge in [0.1, 0.15) is 36.1 Å². The topological polar surface area (TPSA) is 105 Å². The summed E-state index contributed by atoms with van der Waals surface area (Å²) < 4.78 is 61.8. The van der Waals surface area contributed by atoms with E-state index in [1.165, 1.54) is 32.5 Å². The normalized spacial score (nSPS) is 14.1. The third-order valence-electron chi connectivity index (χ3n) is 4.85. The number of amides is 1. The second-order valence-corrected chi connectivity index (χ2v) is 11.2. The predicted octanol–water partition coefficient (Wildman–Crippen LogP) is 4.08. The van der Waals surface area contributed by atoms with E-state index >= 15 is 0 Å². The van der Waals surface area contributed by atoms with E-state index in [0.29, 0.717) is 22.4 Å². The van der Waals surface area contributed by atoms with Crippen molar-refractivity contribution in [3.8, 4) is 5.75 Å². The Bertz CT molecular complexity index is 1380. The molecule has 1 amide bonds. The minimum absolute atomic E-state index is 0.141. The van der Waals surface area contributed by atoms with Gasteiger partial charge >= 0.3 is 0 Å². The molecule has 12 heteroatoms. The van der Waals surface area contributed by atoms with Gasteiger partial charge in [-0.05, 0) is 56.5 Å². The molecule has 0 aliphatic carbocycles. The van der Waals surface area contributed by atoms with Crippen LogP contribution in [0.1, 0.15) is 19.4 Å². The standard InChI is InChI=1S/C24H28F3N5O3S/c1-14-8-16(32-36(4,5)34)10-18-21(14)22(30-13-29-18)31-17-7-6-15(26)9-19(17)35-20(11-25)23(33)28-12-24(2,3)27/h6-10,13,20H,4,11-12H2,1-3,5H3,(H,28,33)(H,32,34)(H,29,30,31). The molecular weight excluding hydrogens is 495 g/mol. The van der Waals surface area contributed by atoms with Crippen LogP contribution in [-0.4, -0.2) is 57.2 Å². The van der Waals surface area contributed by atoms with Crippen molar-refractivity contribution in [1.29, 1.82) is 0 Å². The van der Waals surface area contributed by atoms with Crippen LogP contribution in [0.25, 0.3) is 10.9 Å². The van der Waals surface area contributed by atoms with E-state index in [0.717, 1.165) is 17.7 Å². The first-order chi connectivity index (χ1) is 16.8. The summed E-state index contributed by atoms with van der Waals surface area (Å²) in [6.45, 7) is 2.77. The molecule has 2 unspecified atom stereocenters. The molecule has 0 saturated heterocycles. The van der Waals surface area contributed by atoms with Gasteiger partial charge in [0.2, 0.25) is 6.10 Å². The number of carbonyl (C=O) groups is 1. The number of ether oxygens (including phenoxy) is 1. The molecule has 3 rings (SSSR count). The van der Waals surface area contributed by atoms with Gasteiger partial charge in [-0.1, -0.05) is 0 Å². The Hall–Kier alpha value is -3.54. The molecule has 194 valence electrons. The van der Waals surface area contributed by atoms with Crippen LogP contribution in [0.3, 0.4) is 0 Å². The van der Waals surface area contributed by atoms with Gasteiger partial charge in [0, 0.05) is 33.1 Å². The van der Waals surface area contributed by atoms with Crippen LogP contribution in [0.15, 0.2) is 36.7 Å². The van der Waals surface area contributed by atoms with Gasteiger partial charge < -0.3 is 20.1 Å². The molecule has 3 aromatic rings. The molecule has 36 heavy (non-hydrogen) atoms. The van der Waals surface area contributed by atoms with E-state index in [9.17, 15) is 22.2 Å². The van der Waals surface area contributed by atoms with Crippen molar-refractivity contribution in [1.82, 2.24) is 15.3 Å². The number of alkyl halides is 2. The Labute approximate surface area is 207 Å². The highest BCUT2D eigenvalue weighted by Crippen LogP contribution is 2.33. The van der Waals surface area contributed by atoms with E-state index in [1.807, 2.05) is 0 Å². The fourth-order valence-corrected chi connectivity index (χ4v) is 3.96. The van der Waals surface area contributed by atoms with Gasteiger partial charge in [0.15, 0.2) is 0 Å². The summed E-state index contributed by atoms with van der Waals surface area (Å²) >= 11 is 0. The summed E-state index contributed by atoms with van der Waals surface area (Å²) in [6, 6.07) is 6.96. The number of benzene rings is 2. The molecule has 0 bridgehead atoms. The number of nitrogens with zero attached hydrogens (tertiary/aromatic N) is 2. The number of fused-ring (bicyclic) bond motifs is 1. The number of hydrogen-bond acceptors (Lipinski definition) is 6. The first kappa shape index (κ1) is 27.1. The van der Waals surface area contributed by atoms with Gasteiger partial charge in [-0.3, -0.25) is 4.79 Å².